The zero-order valence-corrected chi connectivity index (χ0v) is 35.4. The molecule has 7 aromatic rings. The van der Waals surface area contributed by atoms with Crippen LogP contribution in [0.4, 0.5) is 11.4 Å². The monoisotopic (exact) mass is 802 g/mol. The van der Waals surface area contributed by atoms with E-state index >= 15 is 0 Å². The highest BCUT2D eigenvalue weighted by Crippen LogP contribution is 2.70. The Morgan fingerprint density at radius 3 is 2.38 bits per heavy atom. The van der Waals surface area contributed by atoms with Crippen LogP contribution in [-0.4, -0.2) is 10.6 Å². The first-order chi connectivity index (χ1) is 30.0. The Hall–Kier alpha value is -6.16. The molecular weight excluding hydrogens is 757 g/mol. The van der Waals surface area contributed by atoms with E-state index in [4.69, 9.17) is 0 Å². The van der Waals surface area contributed by atoms with Crippen molar-refractivity contribution in [2.75, 3.05) is 4.90 Å². The summed E-state index contributed by atoms with van der Waals surface area (Å²) in [5.41, 5.74) is 20.1. The molecule has 1 aliphatic heterocycles. The summed E-state index contributed by atoms with van der Waals surface area (Å²) in [5.74, 6) is 1.28. The van der Waals surface area contributed by atoms with Crippen molar-refractivity contribution in [1.82, 2.24) is 4.57 Å². The predicted molar refractivity (Wildman–Crippen MR) is 256 cm³/mol. The van der Waals surface area contributed by atoms with Crippen LogP contribution in [0.2, 0.25) is 0 Å². The van der Waals surface area contributed by atoms with Crippen molar-refractivity contribution in [1.29, 1.82) is 0 Å². The fourth-order valence-corrected chi connectivity index (χ4v) is 14.4. The van der Waals surface area contributed by atoms with Crippen LogP contribution in [0.15, 0.2) is 181 Å². The number of hydrogen-bond acceptors (Lipinski definition) is 2. The van der Waals surface area contributed by atoms with E-state index in [0.29, 0.717) is 23.8 Å². The van der Waals surface area contributed by atoms with E-state index in [2.05, 4.69) is 193 Å². The standard InChI is InChI=1S/C58H46N2S/c1-57(2)48-33-40(26-28-41(48)44-29-31-53-54(55(44)57)45-15-7-11-19-52(45)61-53)59-49-17-9-6-14-42(49)43-27-22-37(32-51(43)59)38-23-30-47-56-58(47,34-38)46-16-8-10-18-50(46)60(56)39-24-20-36(21-25-39)35-12-4-3-5-13-35/h3-27,30,33-34,37,41,47,56H,28-29,31-32H2,1-2H3. The van der Waals surface area contributed by atoms with E-state index in [1.54, 1.807) is 27.2 Å². The number of thiophene rings is 1. The van der Waals surface area contributed by atoms with Gasteiger partial charge < -0.3 is 9.47 Å². The molecule has 0 N–H and O–H groups in total. The van der Waals surface area contributed by atoms with E-state index in [0.717, 1.165) is 12.8 Å². The minimum absolute atomic E-state index is 0.00125. The van der Waals surface area contributed by atoms with Crippen LogP contribution >= 0.6 is 11.3 Å². The van der Waals surface area contributed by atoms with Gasteiger partial charge in [-0.05, 0) is 89.9 Å². The molecule has 0 radical (unpaired) electrons. The van der Waals surface area contributed by atoms with Gasteiger partial charge in [-0.2, -0.15) is 0 Å². The Morgan fingerprint density at radius 2 is 1.49 bits per heavy atom. The number of allylic oxidation sites excluding steroid dienone is 9. The summed E-state index contributed by atoms with van der Waals surface area (Å²) in [6.45, 7) is 5.03. The van der Waals surface area contributed by atoms with Gasteiger partial charge in [-0.3, -0.25) is 0 Å². The van der Waals surface area contributed by atoms with E-state index < -0.39 is 0 Å². The molecule has 7 aliphatic rings. The quantitative estimate of drug-likeness (QED) is 0.172. The third-order valence-corrected chi connectivity index (χ3v) is 17.0. The van der Waals surface area contributed by atoms with Gasteiger partial charge in [-0.25, -0.2) is 0 Å². The van der Waals surface area contributed by atoms with Gasteiger partial charge in [0.2, 0.25) is 0 Å². The summed E-state index contributed by atoms with van der Waals surface area (Å²) in [6, 6.07) is 47.8. The predicted octanol–water partition coefficient (Wildman–Crippen LogP) is 14.5. The van der Waals surface area contributed by atoms with E-state index in [1.807, 2.05) is 11.3 Å². The largest absolute Gasteiger partial charge is 0.336 e. The SMILES string of the molecule is CC1(C)C2=CC(n3c4c(c5ccccc53)C=CC(C3=CC56c7ccccc7N(c7ccc(-c8ccccc8)cc7)C5C6C=C3)C4)=CCC2C2=C1c1c(sc3ccccc13)CC2. The number of rotatable bonds is 4. The number of fused-ring (bicyclic) bond motifs is 11. The number of aryl methyl sites for hydroxylation is 1. The highest BCUT2D eigenvalue weighted by molar-refractivity contribution is 7.19. The number of hydrogen-bond donors (Lipinski definition) is 0. The van der Waals surface area contributed by atoms with Crippen molar-refractivity contribution in [2.45, 2.75) is 51.0 Å². The topological polar surface area (TPSA) is 8.17 Å². The highest BCUT2D eigenvalue weighted by atomic mass is 32.1. The third kappa shape index (κ3) is 4.57. The maximum Gasteiger partial charge on any atom is 0.0556 e. The first-order valence-corrected chi connectivity index (χ1v) is 23.2. The minimum atomic E-state index is -0.0201. The Bertz CT molecular complexity index is 3250. The molecular formula is C58H46N2S. The van der Waals surface area contributed by atoms with Crippen LogP contribution in [0.25, 0.3) is 49.5 Å². The maximum atomic E-state index is 2.69. The molecule has 61 heavy (non-hydrogen) atoms. The molecule has 0 amide bonds. The minimum Gasteiger partial charge on any atom is -0.336 e. The van der Waals surface area contributed by atoms with Crippen molar-refractivity contribution in [3.63, 3.8) is 0 Å². The van der Waals surface area contributed by atoms with Gasteiger partial charge in [0, 0.05) is 82.8 Å². The summed E-state index contributed by atoms with van der Waals surface area (Å²) in [5, 5.41) is 2.82. The van der Waals surface area contributed by atoms with E-state index in [-0.39, 0.29) is 10.8 Å². The lowest BCUT2D eigenvalue weighted by atomic mass is 9.74. The average molecular weight is 803 g/mol. The van der Waals surface area contributed by atoms with Gasteiger partial charge >= 0.3 is 0 Å². The van der Waals surface area contributed by atoms with Crippen LogP contribution in [0.3, 0.4) is 0 Å². The maximum absolute atomic E-state index is 2.69. The van der Waals surface area contributed by atoms with Gasteiger partial charge in [0.1, 0.15) is 0 Å². The van der Waals surface area contributed by atoms with Crippen molar-refractivity contribution >= 4 is 61.0 Å². The molecule has 1 spiro atoms. The molecule has 2 aromatic heterocycles. The molecule has 6 aliphatic carbocycles. The second-order valence-corrected chi connectivity index (χ2v) is 20.2. The Kier molecular flexibility index (Phi) is 6.93. The zero-order chi connectivity index (χ0) is 40.2. The van der Waals surface area contributed by atoms with Crippen molar-refractivity contribution in [3.05, 3.63) is 208 Å². The molecule has 5 atom stereocenters. The number of aromatic nitrogens is 1. The van der Waals surface area contributed by atoms with Gasteiger partial charge in [-0.1, -0.05) is 159 Å². The summed E-state index contributed by atoms with van der Waals surface area (Å²) in [7, 11) is 0. The lowest BCUT2D eigenvalue weighted by molar-refractivity contribution is 0.554. The summed E-state index contributed by atoms with van der Waals surface area (Å²) in [6.07, 6.45) is 22.3. The smallest absolute Gasteiger partial charge is 0.0556 e. The summed E-state index contributed by atoms with van der Waals surface area (Å²) in [4.78, 5) is 4.23. The van der Waals surface area contributed by atoms with Crippen molar-refractivity contribution in [3.8, 4) is 11.1 Å². The summed E-state index contributed by atoms with van der Waals surface area (Å²) < 4.78 is 4.09. The second kappa shape index (κ2) is 12.2. The third-order valence-electron chi connectivity index (χ3n) is 15.8. The molecule has 5 aromatic carbocycles. The Balaban J connectivity index is 0.820. The van der Waals surface area contributed by atoms with E-state index in [1.165, 1.54) is 84.4 Å². The van der Waals surface area contributed by atoms with Crippen LogP contribution in [0.5, 0.6) is 0 Å². The zero-order valence-electron chi connectivity index (χ0n) is 34.6. The lowest BCUT2D eigenvalue weighted by Crippen LogP contribution is -2.20. The molecule has 3 heterocycles. The molecule has 294 valence electrons. The van der Waals surface area contributed by atoms with Crippen LogP contribution in [0, 0.1) is 23.2 Å². The Labute approximate surface area is 361 Å². The molecule has 3 heteroatoms. The molecule has 5 unspecified atom stereocenters. The molecule has 0 bridgehead atoms. The number of benzene rings is 5. The van der Waals surface area contributed by atoms with Crippen LogP contribution in [0.1, 0.15) is 54.0 Å². The molecule has 2 nitrogen and oxygen atoms in total. The van der Waals surface area contributed by atoms with Gasteiger partial charge in [0.15, 0.2) is 0 Å². The summed E-state index contributed by atoms with van der Waals surface area (Å²) >= 11 is 2.02. The van der Waals surface area contributed by atoms with Crippen LogP contribution in [-0.2, 0) is 18.3 Å². The first kappa shape index (κ1) is 34.5. The first-order valence-electron chi connectivity index (χ1n) is 22.4. The number of para-hydroxylation sites is 2. The molecule has 14 rings (SSSR count). The lowest BCUT2D eigenvalue weighted by Gasteiger charge is -2.31. The Morgan fingerprint density at radius 1 is 0.721 bits per heavy atom. The van der Waals surface area contributed by atoms with Gasteiger partial charge in [0.05, 0.1) is 11.6 Å². The van der Waals surface area contributed by atoms with E-state index in [9.17, 15) is 0 Å². The normalized spacial score (nSPS) is 25.9. The fourth-order valence-electron chi connectivity index (χ4n) is 13.2. The number of anilines is 2. The van der Waals surface area contributed by atoms with Crippen molar-refractivity contribution in [2.24, 2.45) is 23.2 Å². The van der Waals surface area contributed by atoms with Gasteiger partial charge in [0.25, 0.3) is 0 Å². The average Bonchev–Trinajstić information content (AvgIpc) is 3.53. The van der Waals surface area contributed by atoms with Crippen molar-refractivity contribution < 1.29 is 0 Å². The number of nitrogens with zero attached hydrogens (tertiary/aromatic N) is 2. The van der Waals surface area contributed by atoms with Gasteiger partial charge in [-0.15, -0.1) is 11.3 Å². The van der Waals surface area contributed by atoms with Crippen LogP contribution < -0.4 is 4.90 Å². The molecule has 0 saturated heterocycles. The highest BCUT2D eigenvalue weighted by Gasteiger charge is 2.71. The second-order valence-electron chi connectivity index (χ2n) is 19.0. The molecule has 1 fully saturated rings. The fraction of sp³-hybridized carbons (Fsp3) is 0.207. The molecule has 1 saturated carbocycles.